The first kappa shape index (κ1) is 16.1. The van der Waals surface area contributed by atoms with Crippen molar-refractivity contribution in [1.29, 1.82) is 0 Å². The van der Waals surface area contributed by atoms with Gasteiger partial charge in [0.05, 0.1) is 12.1 Å². The number of allylic oxidation sites excluding steroid dienone is 4. The molecule has 0 aromatic rings. The van der Waals surface area contributed by atoms with Gasteiger partial charge in [-0.1, -0.05) is 18.2 Å². The third-order valence-corrected chi connectivity index (χ3v) is 3.27. The standard InChI is InChI=1S/C15H21N2O3/c1-12(19)17(3)10-14(20)16-15(2,11-18)9-13-7-5-4-6-8-13/h4-5,8,11,13H,7,9-10H2,1-3H3,(H,16,20)/t13?,15-/m0/s1. The van der Waals surface area contributed by atoms with Crippen LogP contribution in [-0.2, 0) is 14.4 Å². The fourth-order valence-corrected chi connectivity index (χ4v) is 2.07. The van der Waals surface area contributed by atoms with Crippen LogP contribution in [0.1, 0.15) is 26.7 Å². The summed E-state index contributed by atoms with van der Waals surface area (Å²) in [5.74, 6) is -0.347. The topological polar surface area (TPSA) is 66.5 Å². The summed E-state index contributed by atoms with van der Waals surface area (Å²) >= 11 is 0. The third-order valence-electron chi connectivity index (χ3n) is 3.27. The summed E-state index contributed by atoms with van der Waals surface area (Å²) in [7, 11) is 1.55. The molecule has 5 heteroatoms. The summed E-state index contributed by atoms with van der Waals surface area (Å²) in [5, 5.41) is 2.70. The van der Waals surface area contributed by atoms with Crippen molar-refractivity contribution in [3.05, 3.63) is 24.3 Å². The molecular formula is C15H21N2O3. The van der Waals surface area contributed by atoms with Gasteiger partial charge in [0.25, 0.3) is 0 Å². The van der Waals surface area contributed by atoms with E-state index in [0.29, 0.717) is 6.42 Å². The first-order valence-electron chi connectivity index (χ1n) is 6.60. The van der Waals surface area contributed by atoms with Gasteiger partial charge in [0.1, 0.15) is 6.29 Å². The summed E-state index contributed by atoms with van der Waals surface area (Å²) in [6.07, 6.45) is 10.8. The van der Waals surface area contributed by atoms with Crippen molar-refractivity contribution >= 4 is 18.1 Å². The van der Waals surface area contributed by atoms with Crippen LogP contribution in [0.25, 0.3) is 0 Å². The molecule has 0 saturated carbocycles. The molecule has 1 aliphatic rings. The Balaban J connectivity index is 2.57. The Morgan fingerprint density at radius 2 is 2.25 bits per heavy atom. The number of nitrogens with zero attached hydrogens (tertiary/aromatic N) is 1. The molecule has 0 fully saturated rings. The lowest BCUT2D eigenvalue weighted by atomic mass is 9.86. The zero-order chi connectivity index (χ0) is 15.2. The second kappa shape index (κ2) is 7.03. The summed E-state index contributed by atoms with van der Waals surface area (Å²) in [6, 6.07) is 0. The van der Waals surface area contributed by atoms with Crippen molar-refractivity contribution < 1.29 is 14.4 Å². The van der Waals surface area contributed by atoms with Crippen LogP contribution < -0.4 is 5.32 Å². The molecule has 0 spiro atoms. The van der Waals surface area contributed by atoms with Gasteiger partial charge >= 0.3 is 0 Å². The van der Waals surface area contributed by atoms with E-state index in [0.717, 1.165) is 12.7 Å². The number of likely N-dealkylation sites (N-methyl/N-ethyl adjacent to an activating group) is 1. The molecule has 2 atom stereocenters. The van der Waals surface area contributed by atoms with E-state index >= 15 is 0 Å². The molecule has 1 radical (unpaired) electrons. The lowest BCUT2D eigenvalue weighted by molar-refractivity contribution is -0.134. The van der Waals surface area contributed by atoms with Gasteiger partial charge in [0, 0.05) is 14.0 Å². The molecule has 1 N–H and O–H groups in total. The average molecular weight is 277 g/mol. The highest BCUT2D eigenvalue weighted by molar-refractivity contribution is 5.86. The fraction of sp³-hybridized carbons (Fsp3) is 0.533. The number of aldehydes is 1. The van der Waals surface area contributed by atoms with Crippen LogP contribution in [0, 0.1) is 12.0 Å². The van der Waals surface area contributed by atoms with Crippen molar-refractivity contribution in [1.82, 2.24) is 10.2 Å². The molecule has 0 bridgehead atoms. The van der Waals surface area contributed by atoms with Gasteiger partial charge in [0.2, 0.25) is 11.8 Å². The zero-order valence-corrected chi connectivity index (χ0v) is 12.2. The summed E-state index contributed by atoms with van der Waals surface area (Å²) in [6.45, 7) is 3.03. The molecule has 109 valence electrons. The smallest absolute Gasteiger partial charge is 0.240 e. The number of carbonyl (C=O) groups excluding carboxylic acids is 3. The molecular weight excluding hydrogens is 256 g/mol. The van der Waals surface area contributed by atoms with Crippen molar-refractivity contribution in [2.45, 2.75) is 32.2 Å². The second-order valence-corrected chi connectivity index (χ2v) is 5.39. The molecule has 1 aliphatic carbocycles. The largest absolute Gasteiger partial charge is 0.343 e. The predicted octanol–water partition coefficient (Wildman–Crippen LogP) is 0.864. The molecule has 2 amide bonds. The molecule has 0 aliphatic heterocycles. The Bertz CT molecular complexity index is 442. The molecule has 1 unspecified atom stereocenters. The Labute approximate surface area is 119 Å². The lowest BCUT2D eigenvalue weighted by Crippen LogP contribution is -2.51. The first-order chi connectivity index (χ1) is 9.36. The minimum Gasteiger partial charge on any atom is -0.343 e. The molecule has 5 nitrogen and oxygen atoms in total. The minimum absolute atomic E-state index is 0.0503. The Morgan fingerprint density at radius 1 is 1.55 bits per heavy atom. The maximum Gasteiger partial charge on any atom is 0.240 e. The quantitative estimate of drug-likeness (QED) is 0.732. The predicted molar refractivity (Wildman–Crippen MR) is 75.6 cm³/mol. The van der Waals surface area contributed by atoms with Crippen LogP contribution >= 0.6 is 0 Å². The Morgan fingerprint density at radius 3 is 2.75 bits per heavy atom. The third kappa shape index (κ3) is 4.99. The van der Waals surface area contributed by atoms with Crippen molar-refractivity contribution in [3.63, 3.8) is 0 Å². The van der Waals surface area contributed by atoms with Gasteiger partial charge in [-0.25, -0.2) is 0 Å². The molecule has 20 heavy (non-hydrogen) atoms. The van der Waals surface area contributed by atoms with Gasteiger partial charge in [0.15, 0.2) is 0 Å². The fourth-order valence-electron chi connectivity index (χ4n) is 2.07. The van der Waals surface area contributed by atoms with Crippen LogP contribution in [-0.4, -0.2) is 42.1 Å². The van der Waals surface area contributed by atoms with Crippen LogP contribution in [0.4, 0.5) is 0 Å². The summed E-state index contributed by atoms with van der Waals surface area (Å²) in [5.41, 5.74) is -0.928. The van der Waals surface area contributed by atoms with E-state index in [1.165, 1.54) is 11.8 Å². The maximum absolute atomic E-state index is 11.9. The zero-order valence-electron chi connectivity index (χ0n) is 12.2. The normalized spacial score (nSPS) is 20.1. The van der Waals surface area contributed by atoms with E-state index in [1.807, 2.05) is 18.2 Å². The maximum atomic E-state index is 11.9. The summed E-state index contributed by atoms with van der Waals surface area (Å²) < 4.78 is 0. The van der Waals surface area contributed by atoms with Crippen LogP contribution in [0.2, 0.25) is 0 Å². The van der Waals surface area contributed by atoms with Crippen molar-refractivity contribution in [3.8, 4) is 0 Å². The van der Waals surface area contributed by atoms with E-state index in [-0.39, 0.29) is 24.3 Å². The Kier molecular flexibility index (Phi) is 5.67. The molecule has 1 rings (SSSR count). The highest BCUT2D eigenvalue weighted by atomic mass is 16.2. The van der Waals surface area contributed by atoms with Gasteiger partial charge in [-0.2, -0.15) is 0 Å². The highest BCUT2D eigenvalue weighted by Gasteiger charge is 2.29. The van der Waals surface area contributed by atoms with Gasteiger partial charge in [-0.3, -0.25) is 9.59 Å². The van der Waals surface area contributed by atoms with E-state index in [1.54, 1.807) is 14.0 Å². The van der Waals surface area contributed by atoms with Crippen LogP contribution in [0.15, 0.2) is 18.2 Å². The number of hydrogen-bond donors (Lipinski definition) is 1. The van der Waals surface area contributed by atoms with Gasteiger partial charge in [-0.05, 0) is 31.8 Å². The summed E-state index contributed by atoms with van der Waals surface area (Å²) in [4.78, 5) is 35.6. The first-order valence-corrected chi connectivity index (χ1v) is 6.60. The van der Waals surface area contributed by atoms with Crippen LogP contribution in [0.5, 0.6) is 0 Å². The highest BCUT2D eigenvalue weighted by Crippen LogP contribution is 2.22. The van der Waals surface area contributed by atoms with Crippen LogP contribution in [0.3, 0.4) is 0 Å². The van der Waals surface area contributed by atoms with Gasteiger partial charge < -0.3 is 15.0 Å². The molecule has 0 aromatic carbocycles. The number of carbonyl (C=O) groups is 3. The monoisotopic (exact) mass is 277 g/mol. The average Bonchev–Trinajstić information content (AvgIpc) is 2.39. The van der Waals surface area contributed by atoms with Crippen molar-refractivity contribution in [2.24, 2.45) is 5.92 Å². The van der Waals surface area contributed by atoms with E-state index in [4.69, 9.17) is 0 Å². The SMILES string of the molecule is CC(=O)N(C)CC(=O)N[C@](C)(C=O)CC1C=[C]C=CC1. The second-order valence-electron chi connectivity index (χ2n) is 5.39. The van der Waals surface area contributed by atoms with E-state index in [9.17, 15) is 14.4 Å². The van der Waals surface area contributed by atoms with Gasteiger partial charge in [-0.15, -0.1) is 0 Å². The number of amides is 2. The van der Waals surface area contributed by atoms with E-state index < -0.39 is 5.54 Å². The number of rotatable bonds is 6. The number of hydrogen-bond acceptors (Lipinski definition) is 3. The molecule has 0 saturated heterocycles. The lowest BCUT2D eigenvalue weighted by Gasteiger charge is -2.29. The molecule has 0 heterocycles. The van der Waals surface area contributed by atoms with E-state index in [2.05, 4.69) is 11.4 Å². The number of nitrogens with one attached hydrogen (secondary N) is 1. The minimum atomic E-state index is -0.928. The van der Waals surface area contributed by atoms with Crippen molar-refractivity contribution in [2.75, 3.05) is 13.6 Å². The Hall–Kier alpha value is -1.91. The molecule has 0 aromatic heterocycles.